The highest BCUT2D eigenvalue weighted by Crippen LogP contribution is 2.29. The third kappa shape index (κ3) is 4.25. The normalized spacial score (nSPS) is 11.7. The number of rotatable bonds is 3. The average Bonchev–Trinajstić information content (AvgIpc) is 2.83. The van der Waals surface area contributed by atoms with Crippen LogP contribution in [-0.2, 0) is 0 Å². The van der Waals surface area contributed by atoms with E-state index in [0.29, 0.717) is 34.9 Å². The van der Waals surface area contributed by atoms with E-state index in [9.17, 15) is 4.79 Å². The van der Waals surface area contributed by atoms with Gasteiger partial charge in [0.25, 0.3) is 0 Å². The second-order valence-corrected chi connectivity index (χ2v) is 6.49. The summed E-state index contributed by atoms with van der Waals surface area (Å²) >= 11 is 0. The predicted molar refractivity (Wildman–Crippen MR) is 118 cm³/mol. The first-order chi connectivity index (χ1) is 15.2. The molecule has 7 heteroatoms. The summed E-state index contributed by atoms with van der Waals surface area (Å²) in [4.78, 5) is 20.2. The fourth-order valence-corrected chi connectivity index (χ4v) is 3.18. The fourth-order valence-electron chi connectivity index (χ4n) is 3.18. The van der Waals surface area contributed by atoms with Crippen molar-refractivity contribution in [3.63, 3.8) is 0 Å². The molecule has 0 saturated heterocycles. The Morgan fingerprint density at radius 2 is 1.77 bits per heavy atom. The molecule has 0 aliphatic carbocycles. The lowest BCUT2D eigenvalue weighted by molar-refractivity contribution is 0.337. The standard InChI is InChI=1S/C15H11NO3.C9H9NO2/c1-18-14-12-9-11(10-5-3-2-4-6-10)15(17)19-13(12)7-8-16-14;1-11-8-4-5-10-9-7(8)3-2-6-12-9/h2-9H,1H3;2-5H,6H2,1H3. The third-order valence-corrected chi connectivity index (χ3v) is 4.64. The summed E-state index contributed by atoms with van der Waals surface area (Å²) in [6.45, 7) is 0.590. The molecule has 0 saturated carbocycles. The number of fused-ring (bicyclic) bond motifs is 2. The molecule has 7 nitrogen and oxygen atoms in total. The molecule has 4 heterocycles. The van der Waals surface area contributed by atoms with Crippen LogP contribution >= 0.6 is 0 Å². The van der Waals surface area contributed by atoms with Crippen LogP contribution in [0.1, 0.15) is 5.56 Å². The number of hydrogen-bond acceptors (Lipinski definition) is 7. The van der Waals surface area contributed by atoms with Crippen molar-refractivity contribution in [2.75, 3.05) is 20.8 Å². The molecule has 1 aromatic carbocycles. The Hall–Kier alpha value is -4.13. The van der Waals surface area contributed by atoms with E-state index < -0.39 is 0 Å². The number of aromatic nitrogens is 2. The number of benzene rings is 1. The van der Waals surface area contributed by atoms with Crippen molar-refractivity contribution in [3.05, 3.63) is 83.0 Å². The van der Waals surface area contributed by atoms with E-state index in [1.807, 2.05) is 48.6 Å². The van der Waals surface area contributed by atoms with Crippen molar-refractivity contribution in [2.45, 2.75) is 0 Å². The van der Waals surface area contributed by atoms with Crippen molar-refractivity contribution in [3.8, 4) is 28.6 Å². The molecule has 3 aromatic heterocycles. The van der Waals surface area contributed by atoms with Crippen molar-refractivity contribution >= 4 is 17.0 Å². The first kappa shape index (κ1) is 20.2. The Balaban J connectivity index is 0.000000166. The van der Waals surface area contributed by atoms with E-state index in [0.717, 1.165) is 16.9 Å². The molecule has 0 fully saturated rings. The Morgan fingerprint density at radius 1 is 0.968 bits per heavy atom. The van der Waals surface area contributed by atoms with Crippen molar-refractivity contribution in [1.82, 2.24) is 9.97 Å². The summed E-state index contributed by atoms with van der Waals surface area (Å²) in [5.41, 5.74) is 2.33. The van der Waals surface area contributed by atoms with Gasteiger partial charge < -0.3 is 18.6 Å². The minimum Gasteiger partial charge on any atom is -0.496 e. The Labute approximate surface area is 178 Å². The van der Waals surface area contributed by atoms with Gasteiger partial charge in [0.2, 0.25) is 11.8 Å². The molecule has 31 heavy (non-hydrogen) atoms. The monoisotopic (exact) mass is 416 g/mol. The van der Waals surface area contributed by atoms with Gasteiger partial charge in [-0.15, -0.1) is 0 Å². The molecule has 1 aliphatic rings. The molecular weight excluding hydrogens is 396 g/mol. The minimum atomic E-state index is -0.369. The zero-order chi connectivity index (χ0) is 21.6. The quantitative estimate of drug-likeness (QED) is 0.491. The summed E-state index contributed by atoms with van der Waals surface area (Å²) in [5, 5.41) is 0.684. The van der Waals surface area contributed by atoms with Gasteiger partial charge in [-0.25, -0.2) is 14.8 Å². The molecule has 0 bridgehead atoms. The van der Waals surface area contributed by atoms with Gasteiger partial charge >= 0.3 is 5.63 Å². The summed E-state index contributed by atoms with van der Waals surface area (Å²) in [5.74, 6) is 1.89. The molecule has 0 N–H and O–H groups in total. The molecule has 4 aromatic rings. The van der Waals surface area contributed by atoms with Gasteiger partial charge in [0.05, 0.1) is 30.7 Å². The third-order valence-electron chi connectivity index (χ3n) is 4.64. The maximum absolute atomic E-state index is 12.0. The maximum atomic E-state index is 12.0. The lowest BCUT2D eigenvalue weighted by Crippen LogP contribution is -2.03. The zero-order valence-electron chi connectivity index (χ0n) is 17.1. The molecule has 5 rings (SSSR count). The van der Waals surface area contributed by atoms with Crippen LogP contribution in [0.2, 0.25) is 0 Å². The van der Waals surface area contributed by atoms with Gasteiger partial charge in [-0.2, -0.15) is 0 Å². The second kappa shape index (κ2) is 9.13. The molecule has 0 spiro atoms. The summed E-state index contributed by atoms with van der Waals surface area (Å²) in [6, 6.07) is 14.6. The molecule has 0 atom stereocenters. The number of ether oxygens (including phenoxy) is 3. The highest BCUT2D eigenvalue weighted by Gasteiger charge is 2.12. The summed E-state index contributed by atoms with van der Waals surface area (Å²) in [7, 11) is 3.17. The zero-order valence-corrected chi connectivity index (χ0v) is 17.1. The molecule has 0 radical (unpaired) electrons. The molecule has 0 amide bonds. The van der Waals surface area contributed by atoms with E-state index in [2.05, 4.69) is 9.97 Å². The fraction of sp³-hybridized carbons (Fsp3) is 0.125. The van der Waals surface area contributed by atoms with Crippen LogP contribution in [0.5, 0.6) is 17.5 Å². The van der Waals surface area contributed by atoms with Crippen molar-refractivity contribution < 1.29 is 18.6 Å². The van der Waals surface area contributed by atoms with E-state index >= 15 is 0 Å². The predicted octanol–water partition coefficient (Wildman–Crippen LogP) is 4.36. The van der Waals surface area contributed by atoms with Crippen LogP contribution < -0.4 is 19.8 Å². The van der Waals surface area contributed by atoms with Gasteiger partial charge in [-0.1, -0.05) is 30.3 Å². The van der Waals surface area contributed by atoms with Gasteiger partial charge in [0.1, 0.15) is 17.9 Å². The Bertz CT molecular complexity index is 1280. The van der Waals surface area contributed by atoms with Crippen LogP contribution in [0.25, 0.3) is 28.2 Å². The number of pyridine rings is 2. The second-order valence-electron chi connectivity index (χ2n) is 6.49. The number of nitrogens with zero attached hydrogens (tertiary/aromatic N) is 2. The highest BCUT2D eigenvalue weighted by atomic mass is 16.5. The molecule has 0 unspecified atom stereocenters. The van der Waals surface area contributed by atoms with E-state index in [4.69, 9.17) is 18.6 Å². The largest absolute Gasteiger partial charge is 0.496 e. The first-order valence-corrected chi connectivity index (χ1v) is 9.56. The Morgan fingerprint density at radius 3 is 2.55 bits per heavy atom. The summed E-state index contributed by atoms with van der Waals surface area (Å²) < 4.78 is 20.9. The summed E-state index contributed by atoms with van der Waals surface area (Å²) in [6.07, 6.45) is 7.13. The average molecular weight is 416 g/mol. The van der Waals surface area contributed by atoms with Gasteiger partial charge in [0.15, 0.2) is 0 Å². The van der Waals surface area contributed by atoms with Crippen LogP contribution in [0.3, 0.4) is 0 Å². The van der Waals surface area contributed by atoms with Crippen molar-refractivity contribution in [1.29, 1.82) is 0 Å². The SMILES string of the molecule is COc1ccnc2c1C=CCO2.COc1nccc2oc(=O)c(-c3ccccc3)cc12. The van der Waals surface area contributed by atoms with Gasteiger partial charge in [-0.05, 0) is 29.8 Å². The van der Waals surface area contributed by atoms with Crippen LogP contribution in [-0.4, -0.2) is 30.8 Å². The number of methoxy groups -OCH3 is 2. The van der Waals surface area contributed by atoms with Crippen LogP contribution in [0, 0.1) is 0 Å². The van der Waals surface area contributed by atoms with Gasteiger partial charge in [0, 0.05) is 18.5 Å². The first-order valence-electron chi connectivity index (χ1n) is 9.56. The topological polar surface area (TPSA) is 83.7 Å². The van der Waals surface area contributed by atoms with Crippen LogP contribution in [0.4, 0.5) is 0 Å². The van der Waals surface area contributed by atoms with Crippen LogP contribution in [0.15, 0.2) is 76.2 Å². The molecule has 1 aliphatic heterocycles. The van der Waals surface area contributed by atoms with Gasteiger partial charge in [-0.3, -0.25) is 0 Å². The lowest BCUT2D eigenvalue weighted by atomic mass is 10.1. The molecule has 156 valence electrons. The van der Waals surface area contributed by atoms with Crippen molar-refractivity contribution in [2.24, 2.45) is 0 Å². The smallest absolute Gasteiger partial charge is 0.344 e. The minimum absolute atomic E-state index is 0.369. The maximum Gasteiger partial charge on any atom is 0.344 e. The van der Waals surface area contributed by atoms with E-state index in [1.165, 1.54) is 7.11 Å². The lowest BCUT2D eigenvalue weighted by Gasteiger charge is -2.13. The number of hydrogen-bond donors (Lipinski definition) is 0. The Kier molecular flexibility index (Phi) is 5.93. The highest BCUT2D eigenvalue weighted by molar-refractivity contribution is 5.85. The van der Waals surface area contributed by atoms with E-state index in [-0.39, 0.29) is 5.63 Å². The van der Waals surface area contributed by atoms with E-state index in [1.54, 1.807) is 31.6 Å². The molecular formula is C24H20N2O5.